The standard InChI is InChI=1S/C52H34N2S/c1-2-14-40-39(13-1)43-17-5-9-21-47(43)53(48-22-10-6-18-44(40)48)37-29-25-35(26-30-37)51-33-34-52(55-51)36-27-31-38(32-28-36)54-49-23-11-7-19-45(49)41-15-3-4-16-42(41)46-20-8-12-24-50(46)54/h1-34H. The molecule has 2 aliphatic heterocycles. The Morgan fingerprint density at radius 2 is 0.491 bits per heavy atom. The van der Waals surface area contributed by atoms with Gasteiger partial charge in [0.05, 0.1) is 22.7 Å². The zero-order valence-electron chi connectivity index (χ0n) is 29.9. The van der Waals surface area contributed by atoms with Crippen molar-refractivity contribution in [3.63, 3.8) is 0 Å². The van der Waals surface area contributed by atoms with Gasteiger partial charge in [0.25, 0.3) is 0 Å². The van der Waals surface area contributed by atoms with Gasteiger partial charge in [-0.25, -0.2) is 0 Å². The smallest absolute Gasteiger partial charge is 0.0540 e. The molecule has 0 aliphatic carbocycles. The predicted molar refractivity (Wildman–Crippen MR) is 233 cm³/mol. The van der Waals surface area contributed by atoms with Gasteiger partial charge in [0, 0.05) is 43.4 Å². The fourth-order valence-electron chi connectivity index (χ4n) is 8.50. The van der Waals surface area contributed by atoms with Gasteiger partial charge in [-0.1, -0.05) is 146 Å². The molecule has 1 aromatic heterocycles. The van der Waals surface area contributed by atoms with E-state index in [-0.39, 0.29) is 0 Å². The van der Waals surface area contributed by atoms with Gasteiger partial charge in [-0.2, -0.15) is 0 Å². The normalized spacial score (nSPS) is 12.3. The van der Waals surface area contributed by atoms with Crippen LogP contribution in [0.2, 0.25) is 0 Å². The van der Waals surface area contributed by atoms with Crippen LogP contribution in [0.3, 0.4) is 0 Å². The molecule has 9 aromatic rings. The average Bonchev–Trinajstić information content (AvgIpc) is 3.67. The first-order valence-corrected chi connectivity index (χ1v) is 19.6. The SMILES string of the molecule is c1ccc2c(c1)-c1ccccc1N(c1ccc(-c3ccc(-c4ccc(N5c6ccccc6-c6ccccc6-c6ccccc65)cc4)s3)cc1)c1ccccc1-2. The zero-order chi connectivity index (χ0) is 36.3. The van der Waals surface area contributed by atoms with E-state index in [0.29, 0.717) is 0 Å². The van der Waals surface area contributed by atoms with E-state index in [9.17, 15) is 0 Å². The quantitative estimate of drug-likeness (QED) is 0.179. The second-order valence-corrected chi connectivity index (χ2v) is 15.2. The molecule has 0 saturated heterocycles. The van der Waals surface area contributed by atoms with Crippen molar-refractivity contribution in [1.29, 1.82) is 0 Å². The summed E-state index contributed by atoms with van der Waals surface area (Å²) < 4.78 is 0. The number of benzene rings is 8. The highest BCUT2D eigenvalue weighted by Gasteiger charge is 2.27. The van der Waals surface area contributed by atoms with Crippen LogP contribution in [0.25, 0.3) is 65.4 Å². The highest BCUT2D eigenvalue weighted by Crippen LogP contribution is 2.52. The molecule has 3 heteroatoms. The Labute approximate surface area is 325 Å². The van der Waals surface area contributed by atoms with Crippen molar-refractivity contribution in [2.24, 2.45) is 0 Å². The molecule has 0 bridgehead atoms. The lowest BCUT2D eigenvalue weighted by molar-refractivity contribution is 1.30. The number of hydrogen-bond donors (Lipinski definition) is 0. The maximum Gasteiger partial charge on any atom is 0.0540 e. The third-order valence-corrected chi connectivity index (χ3v) is 12.2. The van der Waals surface area contributed by atoms with E-state index in [4.69, 9.17) is 0 Å². The van der Waals surface area contributed by atoms with Crippen LogP contribution in [0.15, 0.2) is 206 Å². The van der Waals surface area contributed by atoms with Crippen molar-refractivity contribution >= 4 is 45.5 Å². The largest absolute Gasteiger partial charge is 0.309 e. The van der Waals surface area contributed by atoms with Crippen LogP contribution in [-0.2, 0) is 0 Å². The first-order chi connectivity index (χ1) is 27.3. The highest BCUT2D eigenvalue weighted by atomic mass is 32.1. The van der Waals surface area contributed by atoms with E-state index < -0.39 is 0 Å². The first kappa shape index (κ1) is 31.6. The summed E-state index contributed by atoms with van der Waals surface area (Å²) in [7, 11) is 0. The summed E-state index contributed by atoms with van der Waals surface area (Å²) in [6.07, 6.45) is 0. The number of fused-ring (bicyclic) bond motifs is 10. The van der Waals surface area contributed by atoms with E-state index in [1.807, 2.05) is 11.3 Å². The Morgan fingerprint density at radius 1 is 0.236 bits per heavy atom. The van der Waals surface area contributed by atoms with Crippen molar-refractivity contribution in [1.82, 2.24) is 0 Å². The molecule has 0 saturated carbocycles. The lowest BCUT2D eigenvalue weighted by Crippen LogP contribution is -2.10. The molecular formula is C52H34N2S. The highest BCUT2D eigenvalue weighted by molar-refractivity contribution is 7.18. The second kappa shape index (κ2) is 12.9. The Hall–Kier alpha value is -6.94. The summed E-state index contributed by atoms with van der Waals surface area (Å²) in [6.45, 7) is 0. The maximum atomic E-state index is 2.41. The van der Waals surface area contributed by atoms with Crippen LogP contribution in [0.1, 0.15) is 0 Å². The van der Waals surface area contributed by atoms with Crippen LogP contribution < -0.4 is 9.80 Å². The fourth-order valence-corrected chi connectivity index (χ4v) is 9.52. The zero-order valence-corrected chi connectivity index (χ0v) is 30.7. The number of nitrogens with zero attached hydrogens (tertiary/aromatic N) is 2. The second-order valence-electron chi connectivity index (χ2n) is 14.1. The minimum atomic E-state index is 1.14. The van der Waals surface area contributed by atoms with Gasteiger partial charge in [-0.05, 0) is 94.0 Å². The molecule has 0 N–H and O–H groups in total. The third-order valence-electron chi connectivity index (χ3n) is 11.0. The van der Waals surface area contributed by atoms with Crippen LogP contribution in [0.4, 0.5) is 34.1 Å². The van der Waals surface area contributed by atoms with Crippen molar-refractivity contribution in [3.05, 3.63) is 206 Å². The minimum Gasteiger partial charge on any atom is -0.309 e. The van der Waals surface area contributed by atoms with Crippen LogP contribution in [-0.4, -0.2) is 0 Å². The summed E-state index contributed by atoms with van der Waals surface area (Å²) >= 11 is 1.84. The summed E-state index contributed by atoms with van der Waals surface area (Å²) in [6, 6.07) is 75.2. The Bertz CT molecular complexity index is 2550. The average molecular weight is 719 g/mol. The summed E-state index contributed by atoms with van der Waals surface area (Å²) in [4.78, 5) is 7.33. The number of hydrogen-bond acceptors (Lipinski definition) is 3. The van der Waals surface area contributed by atoms with Gasteiger partial charge >= 0.3 is 0 Å². The van der Waals surface area contributed by atoms with Crippen molar-refractivity contribution in [2.45, 2.75) is 0 Å². The molecular weight excluding hydrogens is 685 g/mol. The van der Waals surface area contributed by atoms with Crippen LogP contribution in [0.5, 0.6) is 0 Å². The van der Waals surface area contributed by atoms with E-state index >= 15 is 0 Å². The molecule has 2 nitrogen and oxygen atoms in total. The van der Waals surface area contributed by atoms with Crippen molar-refractivity contribution < 1.29 is 0 Å². The first-order valence-electron chi connectivity index (χ1n) is 18.8. The number of thiophene rings is 1. The molecule has 3 heterocycles. The summed E-state index contributed by atoms with van der Waals surface area (Å²) in [5, 5.41) is 0. The molecule has 0 fully saturated rings. The number of anilines is 6. The van der Waals surface area contributed by atoms with Gasteiger partial charge in [0.15, 0.2) is 0 Å². The lowest BCUT2D eigenvalue weighted by Gasteiger charge is -2.27. The minimum absolute atomic E-state index is 1.14. The molecule has 55 heavy (non-hydrogen) atoms. The monoisotopic (exact) mass is 718 g/mol. The maximum absolute atomic E-state index is 2.41. The molecule has 11 rings (SSSR count). The molecule has 0 radical (unpaired) electrons. The summed E-state index contributed by atoms with van der Waals surface area (Å²) in [5.41, 5.74) is 19.5. The topological polar surface area (TPSA) is 6.48 Å². The van der Waals surface area contributed by atoms with Gasteiger partial charge < -0.3 is 9.80 Å². The molecule has 0 atom stereocenters. The van der Waals surface area contributed by atoms with Crippen LogP contribution in [0, 0.1) is 0 Å². The Morgan fingerprint density at radius 3 is 0.782 bits per heavy atom. The Kier molecular flexibility index (Phi) is 7.39. The molecule has 0 amide bonds. The number of para-hydroxylation sites is 4. The molecule has 0 spiro atoms. The van der Waals surface area contributed by atoms with Gasteiger partial charge in [0.2, 0.25) is 0 Å². The van der Waals surface area contributed by atoms with Crippen LogP contribution >= 0.6 is 11.3 Å². The van der Waals surface area contributed by atoms with Gasteiger partial charge in [-0.3, -0.25) is 0 Å². The van der Waals surface area contributed by atoms with Gasteiger partial charge in [-0.15, -0.1) is 11.3 Å². The van der Waals surface area contributed by atoms with E-state index in [2.05, 4.69) is 216 Å². The molecule has 0 unspecified atom stereocenters. The summed E-state index contributed by atoms with van der Waals surface area (Å²) in [5.74, 6) is 0. The van der Waals surface area contributed by atoms with Crippen molar-refractivity contribution in [3.8, 4) is 65.4 Å². The predicted octanol–water partition coefficient (Wildman–Crippen LogP) is 15.3. The number of rotatable bonds is 4. The van der Waals surface area contributed by atoms with Crippen molar-refractivity contribution in [2.75, 3.05) is 9.80 Å². The Balaban J connectivity index is 0.921. The van der Waals surface area contributed by atoms with Gasteiger partial charge in [0.1, 0.15) is 0 Å². The van der Waals surface area contributed by atoms with E-state index in [1.54, 1.807) is 0 Å². The molecule has 2 aliphatic rings. The van der Waals surface area contributed by atoms with E-state index in [0.717, 1.165) is 11.4 Å². The lowest BCUT2D eigenvalue weighted by atomic mass is 9.95. The fraction of sp³-hybridized carbons (Fsp3) is 0. The molecule has 8 aromatic carbocycles. The third kappa shape index (κ3) is 5.16. The van der Waals surface area contributed by atoms with E-state index in [1.165, 1.54) is 88.1 Å². The molecule has 258 valence electrons.